The molecule has 0 aliphatic rings. The Morgan fingerprint density at radius 2 is 2.00 bits per heavy atom. The van der Waals surface area contributed by atoms with Crippen molar-refractivity contribution in [1.29, 1.82) is 0 Å². The summed E-state index contributed by atoms with van der Waals surface area (Å²) in [5, 5.41) is 10.9. The molecule has 1 N–H and O–H groups in total. The molecule has 0 bridgehead atoms. The van der Waals surface area contributed by atoms with Gasteiger partial charge in [-0.25, -0.2) is 13.8 Å². The standard InChI is InChI=1S/C15H11BCl2F2N2O3S/c16-4-25-12-7(18)2-1-6(17)9(12)10-11(23)13-14(21-5-26-13)22(15(10)24)3-8(19)20/h1-2,5,8,23H,3-4,16H2. The van der Waals surface area contributed by atoms with Crippen LogP contribution in [0.25, 0.3) is 21.5 Å². The number of alkyl halides is 2. The molecule has 0 saturated carbocycles. The molecule has 5 nitrogen and oxygen atoms in total. The van der Waals surface area contributed by atoms with E-state index in [4.69, 9.17) is 27.9 Å². The molecule has 0 spiro atoms. The number of hydrogen-bond acceptors (Lipinski definition) is 5. The molecule has 26 heavy (non-hydrogen) atoms. The molecule has 1 aromatic carbocycles. The van der Waals surface area contributed by atoms with E-state index in [1.807, 2.05) is 0 Å². The first-order valence-corrected chi connectivity index (χ1v) is 9.08. The lowest BCUT2D eigenvalue weighted by Crippen LogP contribution is -2.25. The van der Waals surface area contributed by atoms with Crippen LogP contribution in [-0.2, 0) is 6.54 Å². The number of pyridine rings is 1. The van der Waals surface area contributed by atoms with E-state index in [9.17, 15) is 18.7 Å². The first kappa shape index (κ1) is 18.9. The van der Waals surface area contributed by atoms with Crippen molar-refractivity contribution in [2.24, 2.45) is 0 Å². The highest BCUT2D eigenvalue weighted by Gasteiger charge is 2.26. The quantitative estimate of drug-likeness (QED) is 0.645. The Bertz CT molecular complexity index is 1040. The van der Waals surface area contributed by atoms with Crippen molar-refractivity contribution in [3.05, 3.63) is 38.0 Å². The molecule has 3 rings (SSSR count). The number of ether oxygens (including phenoxy) is 1. The van der Waals surface area contributed by atoms with Gasteiger partial charge in [0.1, 0.15) is 16.2 Å². The van der Waals surface area contributed by atoms with Gasteiger partial charge >= 0.3 is 0 Å². The largest absolute Gasteiger partial charge is 0.505 e. The summed E-state index contributed by atoms with van der Waals surface area (Å²) in [4.78, 5) is 16.9. The minimum Gasteiger partial charge on any atom is -0.505 e. The summed E-state index contributed by atoms with van der Waals surface area (Å²) in [6.45, 7) is -0.643. The number of halogens is 4. The number of fused-ring (bicyclic) bond motifs is 1. The summed E-state index contributed by atoms with van der Waals surface area (Å²) < 4.78 is 32.5. The zero-order chi connectivity index (χ0) is 19.0. The zero-order valence-electron chi connectivity index (χ0n) is 13.3. The fraction of sp³-hybridized carbons (Fsp3) is 0.200. The lowest BCUT2D eigenvalue weighted by Gasteiger charge is -2.16. The number of benzene rings is 1. The third-order valence-corrected chi connectivity index (χ3v) is 5.07. The average molecular weight is 419 g/mol. The Hall–Kier alpha value is -1.84. The van der Waals surface area contributed by atoms with E-state index >= 15 is 0 Å². The fourth-order valence-electron chi connectivity index (χ4n) is 2.62. The number of nitrogens with zero attached hydrogens (tertiary/aromatic N) is 2. The topological polar surface area (TPSA) is 64.3 Å². The van der Waals surface area contributed by atoms with Gasteiger partial charge < -0.3 is 9.84 Å². The van der Waals surface area contributed by atoms with Crippen LogP contribution in [0.5, 0.6) is 11.5 Å². The number of hydrogen-bond donors (Lipinski definition) is 1. The third kappa shape index (κ3) is 3.15. The maximum Gasteiger partial charge on any atom is 0.264 e. The van der Waals surface area contributed by atoms with Crippen LogP contribution in [0, 0.1) is 0 Å². The highest BCUT2D eigenvalue weighted by Crippen LogP contribution is 2.45. The number of aromatic nitrogens is 2. The molecule has 136 valence electrons. The Morgan fingerprint density at radius 3 is 2.65 bits per heavy atom. The van der Waals surface area contributed by atoms with Crippen molar-refractivity contribution in [3.8, 4) is 22.6 Å². The van der Waals surface area contributed by atoms with Gasteiger partial charge in [0.2, 0.25) is 0 Å². The third-order valence-electron chi connectivity index (χ3n) is 3.63. The van der Waals surface area contributed by atoms with Crippen LogP contribution in [0.2, 0.25) is 10.0 Å². The smallest absolute Gasteiger partial charge is 0.264 e. The zero-order valence-corrected chi connectivity index (χ0v) is 15.6. The molecule has 0 atom stereocenters. The summed E-state index contributed by atoms with van der Waals surface area (Å²) in [5.74, 6) is -0.301. The van der Waals surface area contributed by atoms with Gasteiger partial charge in [-0.2, -0.15) is 0 Å². The van der Waals surface area contributed by atoms with Crippen LogP contribution in [0.4, 0.5) is 8.78 Å². The van der Waals surface area contributed by atoms with Crippen molar-refractivity contribution in [3.63, 3.8) is 0 Å². The van der Waals surface area contributed by atoms with Gasteiger partial charge in [-0.15, -0.1) is 11.3 Å². The van der Waals surface area contributed by atoms with Gasteiger partial charge in [0.15, 0.2) is 13.5 Å². The molecule has 2 aromatic heterocycles. The normalized spacial score (nSPS) is 11.4. The van der Waals surface area contributed by atoms with Crippen molar-refractivity contribution in [2.45, 2.75) is 13.0 Å². The molecule has 0 aliphatic heterocycles. The van der Waals surface area contributed by atoms with Crippen molar-refractivity contribution < 1.29 is 18.6 Å². The molecule has 11 heteroatoms. The molecule has 3 aromatic rings. The summed E-state index contributed by atoms with van der Waals surface area (Å²) in [5.41, 5.74) is 0.294. The summed E-state index contributed by atoms with van der Waals surface area (Å²) in [6.07, 6.45) is -2.78. The average Bonchev–Trinajstić information content (AvgIpc) is 3.07. The van der Waals surface area contributed by atoms with Crippen LogP contribution in [-0.4, -0.2) is 35.4 Å². The van der Waals surface area contributed by atoms with E-state index in [1.165, 1.54) is 17.6 Å². The van der Waals surface area contributed by atoms with E-state index in [1.54, 1.807) is 7.85 Å². The molecule has 0 radical (unpaired) electrons. The lowest BCUT2D eigenvalue weighted by atomic mass is 10.0. The highest BCUT2D eigenvalue weighted by molar-refractivity contribution is 7.17. The number of thiazole rings is 1. The van der Waals surface area contributed by atoms with E-state index < -0.39 is 24.3 Å². The Balaban J connectivity index is 2.44. The van der Waals surface area contributed by atoms with Crippen molar-refractivity contribution >= 4 is 52.7 Å². The first-order valence-electron chi connectivity index (χ1n) is 7.45. The fourth-order valence-corrected chi connectivity index (χ4v) is 3.82. The second-order valence-corrected chi connectivity index (χ2v) is 6.87. The van der Waals surface area contributed by atoms with Crippen molar-refractivity contribution in [2.75, 3.05) is 6.51 Å². The van der Waals surface area contributed by atoms with E-state index in [-0.39, 0.29) is 43.8 Å². The van der Waals surface area contributed by atoms with Gasteiger partial charge in [0, 0.05) is 0 Å². The molecule has 0 saturated heterocycles. The van der Waals surface area contributed by atoms with Gasteiger partial charge in [-0.3, -0.25) is 9.36 Å². The van der Waals surface area contributed by atoms with Gasteiger partial charge in [-0.05, 0) is 12.1 Å². The van der Waals surface area contributed by atoms with Crippen LogP contribution in [0.3, 0.4) is 0 Å². The molecule has 0 fully saturated rings. The van der Waals surface area contributed by atoms with Crippen LogP contribution >= 0.6 is 34.5 Å². The lowest BCUT2D eigenvalue weighted by molar-refractivity contribution is 0.126. The summed E-state index contributed by atoms with van der Waals surface area (Å²) in [6, 6.07) is 2.92. The minimum atomic E-state index is -2.78. The SMILES string of the molecule is BCOc1c(Cl)ccc(Cl)c1-c1c(O)c2scnc2n(CC(F)F)c1=O. The molecule has 0 amide bonds. The monoisotopic (exact) mass is 418 g/mol. The molecule has 2 heterocycles. The Labute approximate surface area is 161 Å². The van der Waals surface area contributed by atoms with Crippen LogP contribution in [0.15, 0.2) is 22.4 Å². The number of rotatable bonds is 5. The minimum absolute atomic E-state index is 0.0161. The predicted octanol–water partition coefficient (Wildman–Crippen LogP) is 3.37. The molecule has 0 unspecified atom stereocenters. The Morgan fingerprint density at radius 1 is 1.31 bits per heavy atom. The Kier molecular flexibility index (Phi) is 5.41. The van der Waals surface area contributed by atoms with E-state index in [0.29, 0.717) is 0 Å². The van der Waals surface area contributed by atoms with Crippen LogP contribution in [0.1, 0.15) is 0 Å². The van der Waals surface area contributed by atoms with Crippen LogP contribution < -0.4 is 10.3 Å². The molecular weight excluding hydrogens is 408 g/mol. The van der Waals surface area contributed by atoms with Gasteiger partial charge in [0.25, 0.3) is 12.0 Å². The van der Waals surface area contributed by atoms with E-state index in [0.717, 1.165) is 15.9 Å². The van der Waals surface area contributed by atoms with E-state index in [2.05, 4.69) is 4.98 Å². The maximum absolute atomic E-state index is 13.0. The predicted molar refractivity (Wildman–Crippen MR) is 101 cm³/mol. The van der Waals surface area contributed by atoms with Crippen molar-refractivity contribution in [1.82, 2.24) is 9.55 Å². The van der Waals surface area contributed by atoms with Gasteiger partial charge in [-0.1, -0.05) is 23.2 Å². The molecular formula is C15H11BCl2F2N2O3S. The second-order valence-electron chi connectivity index (χ2n) is 5.20. The molecule has 0 aliphatic carbocycles. The first-order chi connectivity index (χ1) is 12.4. The number of aromatic hydroxyl groups is 1. The second kappa shape index (κ2) is 7.42. The highest BCUT2D eigenvalue weighted by atomic mass is 35.5. The maximum atomic E-state index is 13.0. The summed E-state index contributed by atoms with van der Waals surface area (Å²) >= 11 is 13.4. The van der Waals surface area contributed by atoms with Gasteiger partial charge in [0.05, 0.1) is 39.7 Å². The summed E-state index contributed by atoms with van der Waals surface area (Å²) in [7, 11) is 1.71.